The normalized spacial score (nSPS) is 21.7. The Morgan fingerprint density at radius 3 is 2.68 bits per heavy atom. The molecule has 0 spiro atoms. The fourth-order valence-electron chi connectivity index (χ4n) is 2.53. The van der Waals surface area contributed by atoms with Crippen molar-refractivity contribution in [2.45, 2.75) is 25.8 Å². The summed E-state index contributed by atoms with van der Waals surface area (Å²) in [6.45, 7) is 7.03. The van der Waals surface area contributed by atoms with Gasteiger partial charge < -0.3 is 19.1 Å². The summed E-state index contributed by atoms with van der Waals surface area (Å²) in [5.74, 6) is 0.796. The lowest BCUT2D eigenvalue weighted by Gasteiger charge is -2.44. The fraction of sp³-hybridized carbons (Fsp3) is 0.588. The predicted octanol–water partition coefficient (Wildman–Crippen LogP) is 2.35. The number of carbonyl (C=O) groups excluding carboxylic acids is 1. The molecule has 1 fully saturated rings. The van der Waals surface area contributed by atoms with E-state index in [1.54, 1.807) is 7.11 Å². The van der Waals surface area contributed by atoms with Crippen LogP contribution in [-0.2, 0) is 9.47 Å². The van der Waals surface area contributed by atoms with Gasteiger partial charge in [-0.1, -0.05) is 6.92 Å². The number of ether oxygens (including phenoxy) is 3. The first-order valence-electron chi connectivity index (χ1n) is 7.72. The number of carbonyl (C=O) groups is 1. The average molecular weight is 307 g/mol. The van der Waals surface area contributed by atoms with Crippen LogP contribution in [0.15, 0.2) is 24.3 Å². The molecule has 122 valence electrons. The van der Waals surface area contributed by atoms with Gasteiger partial charge in [0.25, 0.3) is 5.91 Å². The van der Waals surface area contributed by atoms with Crippen LogP contribution in [0.5, 0.6) is 5.75 Å². The molecule has 1 heterocycles. The van der Waals surface area contributed by atoms with E-state index in [2.05, 4.69) is 13.8 Å². The maximum Gasteiger partial charge on any atom is 0.254 e. The molecule has 1 aliphatic heterocycles. The Morgan fingerprint density at radius 2 is 2.05 bits per heavy atom. The molecule has 0 aliphatic carbocycles. The van der Waals surface area contributed by atoms with Gasteiger partial charge in [-0.15, -0.1) is 0 Å². The Labute approximate surface area is 132 Å². The molecule has 2 rings (SSSR count). The highest BCUT2D eigenvalue weighted by atomic mass is 16.5. The summed E-state index contributed by atoms with van der Waals surface area (Å²) in [4.78, 5) is 14.7. The minimum Gasteiger partial charge on any atom is -0.491 e. The van der Waals surface area contributed by atoms with Crippen molar-refractivity contribution in [1.29, 1.82) is 0 Å². The number of benzene rings is 1. The van der Waals surface area contributed by atoms with Crippen molar-refractivity contribution in [1.82, 2.24) is 4.90 Å². The molecule has 5 heteroatoms. The monoisotopic (exact) mass is 307 g/mol. The molecule has 5 nitrogen and oxygen atoms in total. The van der Waals surface area contributed by atoms with Crippen molar-refractivity contribution in [2.24, 2.45) is 0 Å². The minimum atomic E-state index is -0.233. The van der Waals surface area contributed by atoms with E-state index in [1.165, 1.54) is 0 Å². The van der Waals surface area contributed by atoms with E-state index in [0.717, 1.165) is 12.2 Å². The number of rotatable bonds is 6. The van der Waals surface area contributed by atoms with Crippen LogP contribution in [0.3, 0.4) is 0 Å². The molecular formula is C17H25NO4. The quantitative estimate of drug-likeness (QED) is 0.757. The lowest BCUT2D eigenvalue weighted by Crippen LogP contribution is -2.57. The summed E-state index contributed by atoms with van der Waals surface area (Å²) in [5.41, 5.74) is 0.448. The van der Waals surface area contributed by atoms with Crippen LogP contribution in [-0.4, -0.2) is 56.4 Å². The molecule has 0 bridgehead atoms. The van der Waals surface area contributed by atoms with Crippen LogP contribution in [0.4, 0.5) is 0 Å². The zero-order valence-corrected chi connectivity index (χ0v) is 13.6. The maximum atomic E-state index is 12.8. The van der Waals surface area contributed by atoms with E-state index in [9.17, 15) is 4.79 Å². The first-order valence-corrected chi connectivity index (χ1v) is 7.72. The molecule has 1 atom stereocenters. The minimum absolute atomic E-state index is 0.0519. The molecule has 1 amide bonds. The smallest absolute Gasteiger partial charge is 0.254 e. The molecule has 0 saturated carbocycles. The van der Waals surface area contributed by atoms with Gasteiger partial charge in [-0.25, -0.2) is 0 Å². The van der Waals surface area contributed by atoms with E-state index in [1.807, 2.05) is 29.2 Å². The van der Waals surface area contributed by atoms with Gasteiger partial charge in [-0.05, 0) is 37.6 Å². The van der Waals surface area contributed by atoms with Gasteiger partial charge in [0.05, 0.1) is 25.4 Å². The van der Waals surface area contributed by atoms with Gasteiger partial charge in [-0.3, -0.25) is 4.79 Å². The van der Waals surface area contributed by atoms with E-state index in [-0.39, 0.29) is 11.4 Å². The molecule has 0 unspecified atom stereocenters. The third-order valence-corrected chi connectivity index (χ3v) is 4.19. The summed E-state index contributed by atoms with van der Waals surface area (Å²) >= 11 is 0. The molecular weight excluding hydrogens is 282 g/mol. The van der Waals surface area contributed by atoms with Crippen LogP contribution in [0.2, 0.25) is 0 Å². The van der Waals surface area contributed by atoms with Crippen LogP contribution in [0, 0.1) is 0 Å². The second kappa shape index (κ2) is 7.61. The average Bonchev–Trinajstić information content (AvgIpc) is 2.55. The highest BCUT2D eigenvalue weighted by molar-refractivity contribution is 5.95. The molecule has 0 aromatic heterocycles. The summed E-state index contributed by atoms with van der Waals surface area (Å²) in [6, 6.07) is 7.28. The van der Waals surface area contributed by atoms with E-state index in [0.29, 0.717) is 38.5 Å². The molecule has 1 aromatic rings. The molecule has 1 aromatic carbocycles. The van der Waals surface area contributed by atoms with Crippen molar-refractivity contribution >= 4 is 5.91 Å². The van der Waals surface area contributed by atoms with Gasteiger partial charge in [0.1, 0.15) is 12.4 Å². The van der Waals surface area contributed by atoms with Gasteiger partial charge in [-0.2, -0.15) is 0 Å². The Balaban J connectivity index is 2.05. The predicted molar refractivity (Wildman–Crippen MR) is 84.4 cm³/mol. The summed E-state index contributed by atoms with van der Waals surface area (Å²) < 4.78 is 16.0. The molecule has 0 N–H and O–H groups in total. The van der Waals surface area contributed by atoms with Gasteiger partial charge in [0.2, 0.25) is 0 Å². The van der Waals surface area contributed by atoms with Gasteiger partial charge in [0.15, 0.2) is 0 Å². The van der Waals surface area contributed by atoms with E-state index < -0.39 is 0 Å². The number of morpholine rings is 1. The topological polar surface area (TPSA) is 48.0 Å². The van der Waals surface area contributed by atoms with Crippen LogP contribution in [0.25, 0.3) is 0 Å². The van der Waals surface area contributed by atoms with Crippen molar-refractivity contribution in [3.63, 3.8) is 0 Å². The lowest BCUT2D eigenvalue weighted by molar-refractivity contribution is -0.0465. The van der Waals surface area contributed by atoms with E-state index in [4.69, 9.17) is 14.2 Å². The summed E-state index contributed by atoms with van der Waals surface area (Å²) in [5, 5.41) is 0. The zero-order chi connectivity index (χ0) is 16.0. The molecule has 22 heavy (non-hydrogen) atoms. The number of hydrogen-bond donors (Lipinski definition) is 0. The van der Waals surface area contributed by atoms with Crippen LogP contribution >= 0.6 is 0 Å². The Bertz CT molecular complexity index is 488. The highest BCUT2D eigenvalue weighted by Gasteiger charge is 2.37. The van der Waals surface area contributed by atoms with Gasteiger partial charge >= 0.3 is 0 Å². The second-order valence-electron chi connectivity index (χ2n) is 5.73. The number of methoxy groups -OCH3 is 1. The fourth-order valence-corrected chi connectivity index (χ4v) is 2.53. The summed E-state index contributed by atoms with van der Waals surface area (Å²) in [6.07, 6.45) is 0.872. The summed E-state index contributed by atoms with van der Waals surface area (Å²) in [7, 11) is 1.64. The lowest BCUT2D eigenvalue weighted by atomic mass is 9.95. The molecule has 1 aliphatic rings. The third-order valence-electron chi connectivity index (χ3n) is 4.19. The van der Waals surface area contributed by atoms with Crippen molar-refractivity contribution < 1.29 is 19.0 Å². The second-order valence-corrected chi connectivity index (χ2v) is 5.73. The van der Waals surface area contributed by atoms with E-state index >= 15 is 0 Å². The third kappa shape index (κ3) is 3.78. The zero-order valence-electron chi connectivity index (χ0n) is 13.6. The first kappa shape index (κ1) is 16.8. The largest absolute Gasteiger partial charge is 0.491 e. The van der Waals surface area contributed by atoms with Crippen LogP contribution < -0.4 is 4.74 Å². The van der Waals surface area contributed by atoms with Crippen LogP contribution in [0.1, 0.15) is 30.6 Å². The maximum absolute atomic E-state index is 12.8. The van der Waals surface area contributed by atoms with Crippen molar-refractivity contribution in [3.8, 4) is 5.75 Å². The number of nitrogens with zero attached hydrogens (tertiary/aromatic N) is 1. The highest BCUT2D eigenvalue weighted by Crippen LogP contribution is 2.26. The molecule has 0 radical (unpaired) electrons. The number of amides is 1. The van der Waals surface area contributed by atoms with Crippen molar-refractivity contribution in [2.75, 3.05) is 40.1 Å². The number of hydrogen-bond acceptors (Lipinski definition) is 4. The Kier molecular flexibility index (Phi) is 5.80. The SMILES string of the molecule is CC[C@]1(C)COCCN1C(=O)c1ccc(OCCOC)cc1. The van der Waals surface area contributed by atoms with Crippen molar-refractivity contribution in [3.05, 3.63) is 29.8 Å². The standard InChI is InChI=1S/C17H25NO4/c1-4-17(2)13-21-10-9-18(17)16(19)14-5-7-15(8-6-14)22-12-11-20-3/h5-8H,4,9-13H2,1-3H3/t17-/m1/s1. The Hall–Kier alpha value is -1.59. The molecule has 1 saturated heterocycles. The van der Waals surface area contributed by atoms with Gasteiger partial charge in [0, 0.05) is 19.2 Å². The Morgan fingerprint density at radius 1 is 1.32 bits per heavy atom. The first-order chi connectivity index (χ1) is 10.6.